The molecule has 0 saturated heterocycles. The van der Waals surface area contributed by atoms with Crippen LogP contribution in [-0.4, -0.2) is 34.8 Å². The highest BCUT2D eigenvalue weighted by atomic mass is 16.5. The Balaban J connectivity index is 1.53. The molecular weight excluding hydrogens is 350 g/mol. The number of rotatable bonds is 6. The molecule has 1 aliphatic rings. The predicted octanol–water partition coefficient (Wildman–Crippen LogP) is 0.929. The van der Waals surface area contributed by atoms with Gasteiger partial charge in [-0.3, -0.25) is 24.3 Å². The molecule has 3 rings (SSSR count). The van der Waals surface area contributed by atoms with E-state index in [4.69, 9.17) is 4.74 Å². The highest BCUT2D eigenvalue weighted by Gasteiger charge is 2.16. The maximum Gasteiger partial charge on any atom is 0.328 e. The zero-order valence-corrected chi connectivity index (χ0v) is 15.0. The number of aromatic amines is 1. The standard InChI is InChI=1S/C19H23N3O5/c23-16(20-10-13-6-2-1-3-7-13)12-27-17(24)11-22-19(26)15-9-5-4-8-14(15)18(25)21-22/h4-5,8-9,13H,1-3,6-7,10-12H2,(H,20,23)(H,21,25). The molecule has 1 amide bonds. The number of fused-ring (bicyclic) bond motifs is 1. The van der Waals surface area contributed by atoms with Gasteiger partial charge in [0.2, 0.25) is 0 Å². The van der Waals surface area contributed by atoms with Gasteiger partial charge in [0.1, 0.15) is 6.54 Å². The second-order valence-corrected chi connectivity index (χ2v) is 6.85. The first-order chi connectivity index (χ1) is 13.0. The highest BCUT2D eigenvalue weighted by molar-refractivity contribution is 5.81. The molecule has 1 heterocycles. The number of carbonyl (C=O) groups excluding carboxylic acids is 2. The molecule has 27 heavy (non-hydrogen) atoms. The number of ether oxygens (including phenoxy) is 1. The van der Waals surface area contributed by atoms with Crippen molar-refractivity contribution >= 4 is 22.6 Å². The van der Waals surface area contributed by atoms with Gasteiger partial charge in [0.05, 0.1) is 10.8 Å². The first kappa shape index (κ1) is 18.9. The molecule has 1 aromatic heterocycles. The molecule has 1 saturated carbocycles. The van der Waals surface area contributed by atoms with Crippen LogP contribution in [0.2, 0.25) is 0 Å². The Bertz CT molecular complexity index is 940. The number of benzene rings is 1. The van der Waals surface area contributed by atoms with E-state index in [1.54, 1.807) is 12.1 Å². The summed E-state index contributed by atoms with van der Waals surface area (Å²) in [6, 6.07) is 6.35. The molecule has 0 atom stereocenters. The Labute approximate surface area is 155 Å². The van der Waals surface area contributed by atoms with E-state index in [0.29, 0.717) is 12.5 Å². The third-order valence-electron chi connectivity index (χ3n) is 4.85. The van der Waals surface area contributed by atoms with Crippen molar-refractivity contribution in [3.8, 4) is 0 Å². The number of aromatic nitrogens is 2. The van der Waals surface area contributed by atoms with E-state index < -0.39 is 30.2 Å². The number of carbonyl (C=O) groups is 2. The SMILES string of the molecule is O=C(COC(=O)Cn1[nH]c(=O)c2ccccc2c1=O)NCC1CCCCC1. The molecule has 8 nitrogen and oxygen atoms in total. The van der Waals surface area contributed by atoms with Crippen LogP contribution in [-0.2, 0) is 20.9 Å². The second kappa shape index (κ2) is 8.66. The van der Waals surface area contributed by atoms with Crippen LogP contribution in [0.25, 0.3) is 10.8 Å². The van der Waals surface area contributed by atoms with Crippen molar-refractivity contribution in [1.29, 1.82) is 0 Å². The van der Waals surface area contributed by atoms with Crippen LogP contribution in [0.5, 0.6) is 0 Å². The number of amides is 1. The fourth-order valence-corrected chi connectivity index (χ4v) is 3.38. The number of nitrogens with zero attached hydrogens (tertiary/aromatic N) is 1. The van der Waals surface area contributed by atoms with Gasteiger partial charge in [0.25, 0.3) is 17.0 Å². The summed E-state index contributed by atoms with van der Waals surface area (Å²) in [4.78, 5) is 48.1. The van der Waals surface area contributed by atoms with Gasteiger partial charge in [0, 0.05) is 6.54 Å². The van der Waals surface area contributed by atoms with Crippen LogP contribution in [0.3, 0.4) is 0 Å². The summed E-state index contributed by atoms with van der Waals surface area (Å²) in [6.07, 6.45) is 5.84. The lowest BCUT2D eigenvalue weighted by atomic mass is 9.89. The van der Waals surface area contributed by atoms with E-state index in [2.05, 4.69) is 10.4 Å². The Morgan fingerprint density at radius 2 is 1.81 bits per heavy atom. The average molecular weight is 373 g/mol. The normalized spacial score (nSPS) is 14.8. The van der Waals surface area contributed by atoms with Gasteiger partial charge in [0.15, 0.2) is 6.61 Å². The lowest BCUT2D eigenvalue weighted by Crippen LogP contribution is -2.36. The second-order valence-electron chi connectivity index (χ2n) is 6.85. The van der Waals surface area contributed by atoms with E-state index in [1.165, 1.54) is 31.4 Å². The lowest BCUT2D eigenvalue weighted by Gasteiger charge is -2.21. The summed E-state index contributed by atoms with van der Waals surface area (Å²) < 4.78 is 5.82. The minimum Gasteiger partial charge on any atom is -0.454 e. The molecule has 2 aromatic rings. The van der Waals surface area contributed by atoms with E-state index in [-0.39, 0.29) is 16.7 Å². The molecule has 0 bridgehead atoms. The van der Waals surface area contributed by atoms with Gasteiger partial charge in [-0.1, -0.05) is 31.4 Å². The Morgan fingerprint density at radius 3 is 2.56 bits per heavy atom. The van der Waals surface area contributed by atoms with Crippen LogP contribution in [0, 0.1) is 5.92 Å². The summed E-state index contributed by atoms with van der Waals surface area (Å²) in [6.45, 7) is -0.277. The van der Waals surface area contributed by atoms with Gasteiger partial charge in [-0.25, -0.2) is 4.68 Å². The number of H-pyrrole nitrogens is 1. The van der Waals surface area contributed by atoms with Gasteiger partial charge < -0.3 is 10.1 Å². The smallest absolute Gasteiger partial charge is 0.328 e. The molecule has 0 radical (unpaired) electrons. The maximum atomic E-state index is 12.3. The van der Waals surface area contributed by atoms with Crippen LogP contribution in [0.15, 0.2) is 33.9 Å². The van der Waals surface area contributed by atoms with Crippen LogP contribution < -0.4 is 16.4 Å². The van der Waals surface area contributed by atoms with E-state index in [1.807, 2.05) is 0 Å². The van der Waals surface area contributed by atoms with E-state index >= 15 is 0 Å². The number of nitrogens with one attached hydrogen (secondary N) is 2. The largest absolute Gasteiger partial charge is 0.454 e. The van der Waals surface area contributed by atoms with Crippen LogP contribution in [0.4, 0.5) is 0 Å². The topological polar surface area (TPSA) is 110 Å². The summed E-state index contributed by atoms with van der Waals surface area (Å²) >= 11 is 0. The Kier molecular flexibility index (Phi) is 6.05. The molecule has 1 aromatic carbocycles. The fraction of sp³-hybridized carbons (Fsp3) is 0.474. The molecule has 1 fully saturated rings. The van der Waals surface area contributed by atoms with Crippen molar-refractivity contribution in [1.82, 2.24) is 15.1 Å². The van der Waals surface area contributed by atoms with E-state index in [9.17, 15) is 19.2 Å². The van der Waals surface area contributed by atoms with Crippen LogP contribution >= 0.6 is 0 Å². The monoisotopic (exact) mass is 373 g/mol. The molecular formula is C19H23N3O5. The summed E-state index contributed by atoms with van der Waals surface area (Å²) in [5.74, 6) is -0.649. The van der Waals surface area contributed by atoms with Crippen molar-refractivity contribution in [2.24, 2.45) is 5.92 Å². The van der Waals surface area contributed by atoms with Crippen LogP contribution in [0.1, 0.15) is 32.1 Å². The minimum absolute atomic E-state index is 0.222. The molecule has 0 aliphatic heterocycles. The maximum absolute atomic E-state index is 12.3. The zero-order valence-electron chi connectivity index (χ0n) is 15.0. The molecule has 144 valence electrons. The molecule has 1 aliphatic carbocycles. The third-order valence-corrected chi connectivity index (χ3v) is 4.85. The first-order valence-corrected chi connectivity index (χ1v) is 9.19. The van der Waals surface area contributed by atoms with Gasteiger partial charge in [-0.05, 0) is 30.9 Å². The Morgan fingerprint density at radius 1 is 1.11 bits per heavy atom. The van der Waals surface area contributed by atoms with Crippen molar-refractivity contribution < 1.29 is 14.3 Å². The molecule has 0 unspecified atom stereocenters. The lowest BCUT2D eigenvalue weighted by molar-refractivity contribution is -0.149. The zero-order chi connectivity index (χ0) is 19.2. The number of hydrogen-bond donors (Lipinski definition) is 2. The van der Waals surface area contributed by atoms with Crippen molar-refractivity contribution in [3.05, 3.63) is 45.0 Å². The quantitative estimate of drug-likeness (QED) is 0.732. The van der Waals surface area contributed by atoms with Gasteiger partial charge in [-0.15, -0.1) is 0 Å². The molecule has 8 heteroatoms. The highest BCUT2D eigenvalue weighted by Crippen LogP contribution is 2.22. The first-order valence-electron chi connectivity index (χ1n) is 9.19. The van der Waals surface area contributed by atoms with Crippen molar-refractivity contribution in [2.45, 2.75) is 38.6 Å². The van der Waals surface area contributed by atoms with Crippen molar-refractivity contribution in [3.63, 3.8) is 0 Å². The summed E-state index contributed by atoms with van der Waals surface area (Å²) in [7, 11) is 0. The molecule has 0 spiro atoms. The summed E-state index contributed by atoms with van der Waals surface area (Å²) in [5.41, 5.74) is -0.966. The third kappa shape index (κ3) is 4.84. The van der Waals surface area contributed by atoms with Gasteiger partial charge >= 0.3 is 5.97 Å². The molecule has 2 N–H and O–H groups in total. The number of hydrogen-bond acceptors (Lipinski definition) is 5. The van der Waals surface area contributed by atoms with Crippen molar-refractivity contribution in [2.75, 3.05) is 13.2 Å². The van der Waals surface area contributed by atoms with E-state index in [0.717, 1.165) is 17.5 Å². The minimum atomic E-state index is -0.768. The summed E-state index contributed by atoms with van der Waals surface area (Å²) in [5, 5.41) is 5.61. The Hall–Kier alpha value is -2.90. The van der Waals surface area contributed by atoms with Gasteiger partial charge in [-0.2, -0.15) is 0 Å². The predicted molar refractivity (Wildman–Crippen MR) is 99.4 cm³/mol. The number of esters is 1. The fourth-order valence-electron chi connectivity index (χ4n) is 3.38. The average Bonchev–Trinajstić information content (AvgIpc) is 2.69.